The number of hydrogen-bond acceptors (Lipinski definition) is 7. The Labute approximate surface area is 212 Å². The van der Waals surface area contributed by atoms with Crippen molar-refractivity contribution in [3.05, 3.63) is 70.1 Å². The van der Waals surface area contributed by atoms with E-state index in [1.807, 2.05) is 0 Å². The molecule has 0 spiro atoms. The van der Waals surface area contributed by atoms with Gasteiger partial charge in [0.2, 0.25) is 5.91 Å². The quantitative estimate of drug-likeness (QED) is 0.206. The first-order valence-corrected chi connectivity index (χ1v) is 12.1. The van der Waals surface area contributed by atoms with E-state index in [0.717, 1.165) is 5.56 Å². The summed E-state index contributed by atoms with van der Waals surface area (Å²) < 4.78 is 5.16. The maximum absolute atomic E-state index is 12.8. The zero-order valence-electron chi connectivity index (χ0n) is 19.0. The van der Waals surface area contributed by atoms with Crippen molar-refractivity contribution in [2.45, 2.75) is 25.7 Å². The lowest BCUT2D eigenvalue weighted by Gasteiger charge is -2.14. The number of unbranched alkanes of at least 4 members (excludes halogenated alkanes) is 2. The van der Waals surface area contributed by atoms with Crippen LogP contribution in [0.5, 0.6) is 0 Å². The molecule has 1 aliphatic rings. The molecule has 2 aromatic rings. The van der Waals surface area contributed by atoms with Crippen molar-refractivity contribution in [2.24, 2.45) is 0 Å². The molecule has 2 aromatic carbocycles. The van der Waals surface area contributed by atoms with Gasteiger partial charge in [-0.3, -0.25) is 14.5 Å². The van der Waals surface area contributed by atoms with Crippen LogP contribution in [0.3, 0.4) is 0 Å². The Balaban J connectivity index is 1.45. The SMILES string of the molecule is COC(=O)c1ccc(/C=C2\SC(=S)N(CCCCCC(=O)Nc3ccccc3C(=O)O)C2=O)cc1. The topological polar surface area (TPSA) is 113 Å². The third kappa shape index (κ3) is 7.00. The van der Waals surface area contributed by atoms with Crippen LogP contribution in [0.25, 0.3) is 6.08 Å². The van der Waals surface area contributed by atoms with Crippen LogP contribution in [0.2, 0.25) is 0 Å². The lowest BCUT2D eigenvalue weighted by atomic mass is 10.1. The number of anilines is 1. The van der Waals surface area contributed by atoms with Crippen LogP contribution < -0.4 is 5.32 Å². The molecule has 0 bridgehead atoms. The molecule has 0 atom stereocenters. The minimum Gasteiger partial charge on any atom is -0.478 e. The van der Waals surface area contributed by atoms with Gasteiger partial charge in [-0.2, -0.15) is 0 Å². The smallest absolute Gasteiger partial charge is 0.337 e. The van der Waals surface area contributed by atoms with Crippen LogP contribution in [-0.4, -0.2) is 51.7 Å². The van der Waals surface area contributed by atoms with Gasteiger partial charge in [0.1, 0.15) is 4.32 Å². The number of aromatic carboxylic acids is 1. The van der Waals surface area contributed by atoms with Crippen molar-refractivity contribution in [3.8, 4) is 0 Å². The number of thiocarbonyl (C=S) groups is 1. The molecule has 1 aliphatic heterocycles. The lowest BCUT2D eigenvalue weighted by Crippen LogP contribution is -2.29. The highest BCUT2D eigenvalue weighted by molar-refractivity contribution is 8.26. The predicted molar refractivity (Wildman–Crippen MR) is 138 cm³/mol. The zero-order chi connectivity index (χ0) is 25.4. The first kappa shape index (κ1) is 26.1. The van der Waals surface area contributed by atoms with Crippen LogP contribution >= 0.6 is 24.0 Å². The van der Waals surface area contributed by atoms with E-state index >= 15 is 0 Å². The number of thioether (sulfide) groups is 1. The van der Waals surface area contributed by atoms with Crippen molar-refractivity contribution in [1.82, 2.24) is 4.90 Å². The molecule has 2 amide bonds. The molecule has 0 unspecified atom stereocenters. The average molecular weight is 513 g/mol. The summed E-state index contributed by atoms with van der Waals surface area (Å²) in [7, 11) is 1.32. The van der Waals surface area contributed by atoms with Gasteiger partial charge in [-0.15, -0.1) is 0 Å². The largest absolute Gasteiger partial charge is 0.478 e. The number of carboxylic acid groups (broad SMARTS) is 1. The third-order valence-corrected chi connectivity index (χ3v) is 6.60. The first-order valence-electron chi connectivity index (χ1n) is 10.9. The van der Waals surface area contributed by atoms with E-state index < -0.39 is 11.9 Å². The van der Waals surface area contributed by atoms with Gasteiger partial charge in [-0.25, -0.2) is 9.59 Å². The summed E-state index contributed by atoms with van der Waals surface area (Å²) in [6.07, 6.45) is 3.96. The summed E-state index contributed by atoms with van der Waals surface area (Å²) in [6, 6.07) is 13.0. The molecule has 10 heteroatoms. The molecular formula is C25H24N2O6S2. The molecule has 2 N–H and O–H groups in total. The number of esters is 1. The molecule has 0 aromatic heterocycles. The highest BCUT2D eigenvalue weighted by Crippen LogP contribution is 2.32. The minimum atomic E-state index is -1.10. The van der Waals surface area contributed by atoms with Crippen molar-refractivity contribution < 1.29 is 29.0 Å². The second-order valence-corrected chi connectivity index (χ2v) is 9.33. The number of amides is 2. The molecule has 35 heavy (non-hydrogen) atoms. The van der Waals surface area contributed by atoms with E-state index in [1.54, 1.807) is 53.4 Å². The minimum absolute atomic E-state index is 0.0441. The molecule has 1 saturated heterocycles. The molecule has 0 radical (unpaired) electrons. The van der Waals surface area contributed by atoms with Crippen LogP contribution in [0.1, 0.15) is 52.0 Å². The van der Waals surface area contributed by atoms with Crippen molar-refractivity contribution in [2.75, 3.05) is 19.0 Å². The fourth-order valence-corrected chi connectivity index (χ4v) is 4.71. The van der Waals surface area contributed by atoms with Gasteiger partial charge < -0.3 is 15.2 Å². The number of nitrogens with zero attached hydrogens (tertiary/aromatic N) is 1. The number of hydrogen-bond donors (Lipinski definition) is 2. The summed E-state index contributed by atoms with van der Waals surface area (Å²) in [5.41, 5.74) is 1.52. The number of carbonyl (C=O) groups excluding carboxylic acids is 3. The summed E-state index contributed by atoms with van der Waals surface area (Å²) in [5.74, 6) is -1.95. The molecule has 3 rings (SSSR count). The fraction of sp³-hybridized carbons (Fsp3) is 0.240. The van der Waals surface area contributed by atoms with E-state index in [2.05, 4.69) is 10.1 Å². The number of rotatable bonds is 10. The maximum Gasteiger partial charge on any atom is 0.337 e. The van der Waals surface area contributed by atoms with E-state index in [1.165, 1.54) is 24.9 Å². The average Bonchev–Trinajstić information content (AvgIpc) is 3.11. The lowest BCUT2D eigenvalue weighted by molar-refractivity contribution is -0.122. The van der Waals surface area contributed by atoms with Crippen molar-refractivity contribution in [1.29, 1.82) is 0 Å². The number of methoxy groups -OCH3 is 1. The predicted octanol–water partition coefficient (Wildman–Crippen LogP) is 4.57. The Morgan fingerprint density at radius 2 is 1.80 bits per heavy atom. The van der Waals surface area contributed by atoms with Gasteiger partial charge in [-0.05, 0) is 48.7 Å². The second kappa shape index (κ2) is 12.3. The zero-order valence-corrected chi connectivity index (χ0v) is 20.6. The standard InChI is InChI=1S/C25H24N2O6S2/c1-33-24(32)17-12-10-16(11-13-17)15-20-22(29)27(25(34)35-20)14-6-2-3-9-21(28)26-19-8-5-4-7-18(19)23(30)31/h4-5,7-8,10-13,15H,2-3,6,9,14H2,1H3,(H,26,28)(H,30,31)/b20-15-. The van der Waals surface area contributed by atoms with E-state index in [-0.39, 0.29) is 29.5 Å². The fourth-order valence-electron chi connectivity index (χ4n) is 3.40. The highest BCUT2D eigenvalue weighted by atomic mass is 32.2. The molecule has 0 saturated carbocycles. The van der Waals surface area contributed by atoms with Gasteiger partial charge in [0.15, 0.2) is 0 Å². The number of carboxylic acids is 1. The van der Waals surface area contributed by atoms with Gasteiger partial charge in [-0.1, -0.05) is 54.7 Å². The number of benzene rings is 2. The molecule has 1 heterocycles. The van der Waals surface area contributed by atoms with E-state index in [0.29, 0.717) is 40.6 Å². The Hall–Kier alpha value is -3.50. The summed E-state index contributed by atoms with van der Waals surface area (Å²) in [6.45, 7) is 0.451. The third-order valence-electron chi connectivity index (χ3n) is 5.22. The molecule has 8 nitrogen and oxygen atoms in total. The molecular weight excluding hydrogens is 488 g/mol. The van der Waals surface area contributed by atoms with Crippen LogP contribution in [0, 0.1) is 0 Å². The summed E-state index contributed by atoms with van der Waals surface area (Å²) in [5, 5.41) is 11.8. The van der Waals surface area contributed by atoms with Crippen LogP contribution in [0.15, 0.2) is 53.4 Å². The van der Waals surface area contributed by atoms with E-state index in [9.17, 15) is 24.3 Å². The number of nitrogens with one attached hydrogen (secondary N) is 1. The Morgan fingerprint density at radius 1 is 1.09 bits per heavy atom. The monoisotopic (exact) mass is 512 g/mol. The van der Waals surface area contributed by atoms with Crippen molar-refractivity contribution >= 4 is 63.8 Å². The van der Waals surface area contributed by atoms with E-state index in [4.69, 9.17) is 12.2 Å². The van der Waals surface area contributed by atoms with Gasteiger partial charge >= 0.3 is 11.9 Å². The van der Waals surface area contributed by atoms with Gasteiger partial charge in [0.25, 0.3) is 5.91 Å². The summed E-state index contributed by atoms with van der Waals surface area (Å²) >= 11 is 6.59. The summed E-state index contributed by atoms with van der Waals surface area (Å²) in [4.78, 5) is 49.8. The van der Waals surface area contributed by atoms with Gasteiger partial charge in [0.05, 0.1) is 28.8 Å². The number of carbonyl (C=O) groups is 4. The number of para-hydroxylation sites is 1. The normalized spacial score (nSPS) is 14.3. The highest BCUT2D eigenvalue weighted by Gasteiger charge is 2.31. The first-order chi connectivity index (χ1) is 16.8. The molecule has 182 valence electrons. The molecule has 1 fully saturated rings. The molecule has 0 aliphatic carbocycles. The van der Waals surface area contributed by atoms with Gasteiger partial charge in [0, 0.05) is 13.0 Å². The Morgan fingerprint density at radius 3 is 2.49 bits per heavy atom. The Bertz CT molecular complexity index is 1180. The Kier molecular flexibility index (Phi) is 9.16. The second-order valence-electron chi connectivity index (χ2n) is 7.66. The maximum atomic E-state index is 12.8. The number of ether oxygens (including phenoxy) is 1. The van der Waals surface area contributed by atoms with Crippen LogP contribution in [-0.2, 0) is 14.3 Å². The van der Waals surface area contributed by atoms with Crippen molar-refractivity contribution in [3.63, 3.8) is 0 Å². The van der Waals surface area contributed by atoms with Crippen LogP contribution in [0.4, 0.5) is 5.69 Å².